The fourth-order valence-electron chi connectivity index (χ4n) is 5.57. The summed E-state index contributed by atoms with van der Waals surface area (Å²) in [6, 6.07) is 16.9. The van der Waals surface area contributed by atoms with Crippen LogP contribution < -0.4 is 19.8 Å². The molecule has 10 nitrogen and oxygen atoms in total. The number of para-hydroxylation sites is 1. The van der Waals surface area contributed by atoms with E-state index in [0.29, 0.717) is 31.6 Å². The molecule has 3 heterocycles. The van der Waals surface area contributed by atoms with E-state index in [1.165, 1.54) is 24.3 Å². The lowest BCUT2D eigenvalue weighted by molar-refractivity contribution is -0.137. The lowest BCUT2D eigenvalue weighted by Gasteiger charge is -2.30. The van der Waals surface area contributed by atoms with E-state index in [2.05, 4.69) is 10.3 Å². The number of hydrogen-bond donors (Lipinski definition) is 2. The van der Waals surface area contributed by atoms with Crippen LogP contribution in [-0.2, 0) is 25.3 Å². The molecule has 0 aliphatic carbocycles. The number of aromatic amines is 1. The minimum absolute atomic E-state index is 0.229. The number of alkyl halides is 3. The van der Waals surface area contributed by atoms with Gasteiger partial charge in [-0.05, 0) is 61.0 Å². The summed E-state index contributed by atoms with van der Waals surface area (Å²) in [5.41, 5.74) is -0.460. The van der Waals surface area contributed by atoms with Gasteiger partial charge in [0.05, 0.1) is 34.4 Å². The maximum atomic E-state index is 13.9. The smallest absolute Gasteiger partial charge is 0.418 e. The summed E-state index contributed by atoms with van der Waals surface area (Å²) in [6.45, 7) is 1.52. The number of thioether (sulfide) groups is 1. The Labute approximate surface area is 272 Å². The summed E-state index contributed by atoms with van der Waals surface area (Å²) in [6.07, 6.45) is -4.81. The van der Waals surface area contributed by atoms with Crippen molar-refractivity contribution in [1.82, 2.24) is 4.98 Å². The van der Waals surface area contributed by atoms with Gasteiger partial charge in [0, 0.05) is 16.5 Å². The van der Waals surface area contributed by atoms with Crippen LogP contribution in [0.1, 0.15) is 39.2 Å². The van der Waals surface area contributed by atoms with E-state index in [9.17, 15) is 37.1 Å². The molecule has 0 radical (unpaired) electrons. The number of carbonyl (C=O) groups is 4. The van der Waals surface area contributed by atoms with Crippen LogP contribution in [-0.4, -0.2) is 47.1 Å². The summed E-state index contributed by atoms with van der Waals surface area (Å²) in [7, 11) is 0. The van der Waals surface area contributed by atoms with Gasteiger partial charge in [-0.2, -0.15) is 13.2 Å². The van der Waals surface area contributed by atoms with Crippen LogP contribution in [0.25, 0.3) is 0 Å². The highest BCUT2D eigenvalue weighted by Crippen LogP contribution is 2.54. The number of carbonyl (C=O) groups excluding carboxylic acids is 4. The van der Waals surface area contributed by atoms with Gasteiger partial charge in [0.1, 0.15) is 11.0 Å². The Bertz CT molecular complexity index is 1940. The van der Waals surface area contributed by atoms with Crippen LogP contribution in [0, 0.1) is 5.92 Å². The van der Waals surface area contributed by atoms with Crippen molar-refractivity contribution in [2.24, 2.45) is 5.92 Å². The van der Waals surface area contributed by atoms with E-state index in [1.807, 2.05) is 0 Å². The second kappa shape index (κ2) is 12.7. The number of hydrogen-bond acceptors (Lipinski definition) is 9. The number of H-pyrrole nitrogens is 1. The van der Waals surface area contributed by atoms with Crippen LogP contribution in [0.2, 0.25) is 0 Å². The number of halogens is 3. The normalized spacial score (nSPS) is 18.8. The maximum Gasteiger partial charge on any atom is 0.418 e. The number of amides is 3. The molecule has 2 aliphatic heterocycles. The number of rotatable bonds is 8. The zero-order chi connectivity index (χ0) is 33.5. The van der Waals surface area contributed by atoms with Gasteiger partial charge in [0.15, 0.2) is 6.61 Å². The van der Waals surface area contributed by atoms with Crippen molar-refractivity contribution in [3.8, 4) is 5.75 Å². The first-order valence-electron chi connectivity index (χ1n) is 14.2. The van der Waals surface area contributed by atoms with Gasteiger partial charge in [-0.1, -0.05) is 47.4 Å². The molecular weight excluding hydrogens is 659 g/mol. The predicted octanol–water partition coefficient (Wildman–Crippen LogP) is 5.45. The molecule has 0 saturated carbocycles. The number of nitrogens with one attached hydrogen (secondary N) is 2. The molecule has 0 bridgehead atoms. The number of benzene rings is 3. The molecule has 4 aromatic rings. The molecule has 2 N–H and O–H groups in total. The first-order valence-corrected chi connectivity index (χ1v) is 15.9. The van der Waals surface area contributed by atoms with E-state index in [1.54, 1.807) is 43.3 Å². The number of esters is 1. The lowest BCUT2D eigenvalue weighted by Crippen LogP contribution is -2.33. The number of aromatic nitrogens is 1. The standard InChI is InChI=1S/C32H24F3N3O7S2/c1-2-44-30(42)16-10-12-18(13-11-16)36-22(39)15-45-19-7-5-6-17(14-19)23-24-26(46-27-25(23)47-31(43)37-27)29(41)38(28(24)40)21-9-4-3-8-20(21)32(33,34)35/h3-14,23-24,26H,2,15H2,1H3,(H,36,39)(H,37,43)/t23-,24-,26+/m0/s1. The third kappa shape index (κ3) is 6.27. The minimum Gasteiger partial charge on any atom is -0.484 e. The van der Waals surface area contributed by atoms with Crippen molar-refractivity contribution < 1.29 is 41.8 Å². The number of thiazole rings is 1. The lowest BCUT2D eigenvalue weighted by atomic mass is 9.83. The molecular formula is C32H24F3N3O7S2. The zero-order valence-electron chi connectivity index (χ0n) is 24.3. The number of anilines is 2. The Morgan fingerprint density at radius 1 is 0.979 bits per heavy atom. The van der Waals surface area contributed by atoms with Gasteiger partial charge >= 0.3 is 17.0 Å². The minimum atomic E-state index is -4.81. The zero-order valence-corrected chi connectivity index (χ0v) is 26.0. The third-order valence-corrected chi connectivity index (χ3v) is 9.94. The highest BCUT2D eigenvalue weighted by Gasteiger charge is 2.57. The van der Waals surface area contributed by atoms with Crippen LogP contribution in [0.3, 0.4) is 0 Å². The molecule has 47 heavy (non-hydrogen) atoms. The largest absolute Gasteiger partial charge is 0.484 e. The Kier molecular flexibility index (Phi) is 8.68. The monoisotopic (exact) mass is 683 g/mol. The van der Waals surface area contributed by atoms with Gasteiger partial charge < -0.3 is 19.8 Å². The number of fused-ring (bicyclic) bond motifs is 2. The predicted molar refractivity (Wildman–Crippen MR) is 167 cm³/mol. The van der Waals surface area contributed by atoms with Gasteiger partial charge in [0.2, 0.25) is 11.8 Å². The van der Waals surface area contributed by atoms with Crippen molar-refractivity contribution in [2.45, 2.75) is 29.3 Å². The van der Waals surface area contributed by atoms with E-state index in [-0.39, 0.29) is 12.4 Å². The average molecular weight is 684 g/mol. The SMILES string of the molecule is CCOC(=O)c1ccc(NC(=O)COc2cccc([C@@H]3c4sc(=O)[nH]c4S[C@H]4C(=O)N(c5ccccc5C(F)(F)F)C(=O)[C@@H]34)c2)cc1. The van der Waals surface area contributed by atoms with Crippen molar-refractivity contribution >= 4 is 58.2 Å². The molecule has 3 atom stereocenters. The molecule has 1 fully saturated rings. The first-order chi connectivity index (χ1) is 22.5. The van der Waals surface area contributed by atoms with E-state index in [0.717, 1.165) is 35.2 Å². The van der Waals surface area contributed by atoms with Gasteiger partial charge in [-0.25, -0.2) is 9.69 Å². The molecule has 1 saturated heterocycles. The summed E-state index contributed by atoms with van der Waals surface area (Å²) in [5, 5.41) is 1.92. The van der Waals surface area contributed by atoms with Crippen LogP contribution >= 0.6 is 23.1 Å². The average Bonchev–Trinajstić information content (AvgIpc) is 3.53. The first kappa shape index (κ1) is 32.1. The van der Waals surface area contributed by atoms with Crippen molar-refractivity contribution in [1.29, 1.82) is 0 Å². The molecule has 3 aromatic carbocycles. The third-order valence-electron chi connectivity index (χ3n) is 7.54. The van der Waals surface area contributed by atoms with Crippen molar-refractivity contribution in [3.05, 3.63) is 104 Å². The topological polar surface area (TPSA) is 135 Å². The number of imide groups is 1. The second-order valence-electron chi connectivity index (χ2n) is 10.5. The highest BCUT2D eigenvalue weighted by molar-refractivity contribution is 8.00. The number of nitrogens with zero attached hydrogens (tertiary/aromatic N) is 1. The Balaban J connectivity index is 1.24. The summed E-state index contributed by atoms with van der Waals surface area (Å²) < 4.78 is 52.3. The Morgan fingerprint density at radius 3 is 2.45 bits per heavy atom. The summed E-state index contributed by atoms with van der Waals surface area (Å²) in [4.78, 5) is 67.7. The highest BCUT2D eigenvalue weighted by atomic mass is 32.2. The van der Waals surface area contributed by atoms with E-state index in [4.69, 9.17) is 9.47 Å². The fraction of sp³-hybridized carbons (Fsp3) is 0.219. The second-order valence-corrected chi connectivity index (χ2v) is 12.7. The molecule has 2 aliphatic rings. The van der Waals surface area contributed by atoms with Crippen LogP contribution in [0.4, 0.5) is 24.5 Å². The van der Waals surface area contributed by atoms with Gasteiger partial charge in [-0.3, -0.25) is 19.2 Å². The Morgan fingerprint density at radius 2 is 1.72 bits per heavy atom. The molecule has 0 spiro atoms. The summed E-state index contributed by atoms with van der Waals surface area (Å²) >= 11 is 1.80. The van der Waals surface area contributed by atoms with Gasteiger partial charge in [0.25, 0.3) is 5.91 Å². The molecule has 242 valence electrons. The van der Waals surface area contributed by atoms with Crippen molar-refractivity contribution in [3.63, 3.8) is 0 Å². The van der Waals surface area contributed by atoms with Crippen LogP contribution in [0.5, 0.6) is 5.75 Å². The van der Waals surface area contributed by atoms with Gasteiger partial charge in [-0.15, -0.1) is 0 Å². The van der Waals surface area contributed by atoms with E-state index < -0.39 is 69.7 Å². The quantitative estimate of drug-likeness (QED) is 0.185. The molecule has 1 aromatic heterocycles. The van der Waals surface area contributed by atoms with Crippen molar-refractivity contribution in [2.75, 3.05) is 23.4 Å². The Hall–Kier alpha value is -4.89. The number of ether oxygens (including phenoxy) is 2. The fourth-order valence-corrected chi connectivity index (χ4v) is 8.08. The van der Waals surface area contributed by atoms with Crippen LogP contribution in [0.15, 0.2) is 82.6 Å². The molecule has 0 unspecified atom stereocenters. The maximum absolute atomic E-state index is 13.9. The van der Waals surface area contributed by atoms with E-state index >= 15 is 0 Å². The molecule has 15 heteroatoms. The molecule has 3 amide bonds. The molecule has 6 rings (SSSR count). The summed E-state index contributed by atoms with van der Waals surface area (Å²) in [5.74, 6) is -4.37.